The summed E-state index contributed by atoms with van der Waals surface area (Å²) in [7, 11) is 0. The number of hydrogen-bond donors (Lipinski definition) is 0. The highest BCUT2D eigenvalue weighted by molar-refractivity contribution is 7.22. The zero-order chi connectivity index (χ0) is 19.3. The third kappa shape index (κ3) is 5.09. The van der Waals surface area contributed by atoms with Gasteiger partial charge in [-0.1, -0.05) is 23.5 Å². The standard InChI is InChI=1S/C20H17FN4OS2.ClH/c21-16-5-1-6-17-19(16)23-20(28-17)25(11-3-10-24-12-9-22-14-24)18(26)8-7-15-4-2-13-27-15;/h1-2,4-9,12-14H,3,10-11H2;1H/b8-7+;. The number of halogens is 2. The third-order valence-corrected chi connectivity index (χ3v) is 6.03. The number of thiophene rings is 1. The highest BCUT2D eigenvalue weighted by Gasteiger charge is 2.19. The summed E-state index contributed by atoms with van der Waals surface area (Å²) in [6.07, 6.45) is 9.43. The van der Waals surface area contributed by atoms with E-state index in [9.17, 15) is 9.18 Å². The zero-order valence-corrected chi connectivity index (χ0v) is 17.7. The van der Waals surface area contributed by atoms with Gasteiger partial charge < -0.3 is 4.57 Å². The van der Waals surface area contributed by atoms with Crippen molar-refractivity contribution in [2.45, 2.75) is 13.0 Å². The largest absolute Gasteiger partial charge is 0.337 e. The topological polar surface area (TPSA) is 51.0 Å². The molecular formula is C20H18ClFN4OS2. The summed E-state index contributed by atoms with van der Waals surface area (Å²) in [6.45, 7) is 1.21. The Bertz CT molecular complexity index is 1090. The number of hydrogen-bond acceptors (Lipinski definition) is 5. The lowest BCUT2D eigenvalue weighted by Crippen LogP contribution is -2.30. The Balaban J connectivity index is 0.00000240. The Labute approximate surface area is 181 Å². The van der Waals surface area contributed by atoms with Crippen LogP contribution in [0.4, 0.5) is 9.52 Å². The number of rotatable bonds is 7. The van der Waals surface area contributed by atoms with Crippen LogP contribution in [0.5, 0.6) is 0 Å². The quantitative estimate of drug-likeness (QED) is 0.363. The number of aromatic nitrogens is 3. The molecule has 3 heterocycles. The van der Waals surface area contributed by atoms with Crippen LogP contribution < -0.4 is 4.90 Å². The summed E-state index contributed by atoms with van der Waals surface area (Å²) in [5, 5.41) is 2.47. The van der Waals surface area contributed by atoms with Gasteiger partial charge in [0.2, 0.25) is 0 Å². The fourth-order valence-electron chi connectivity index (χ4n) is 2.78. The average Bonchev–Trinajstić information content (AvgIpc) is 3.45. The summed E-state index contributed by atoms with van der Waals surface area (Å²) in [6, 6.07) is 8.74. The Morgan fingerprint density at radius 2 is 2.17 bits per heavy atom. The van der Waals surface area contributed by atoms with E-state index in [1.165, 1.54) is 17.4 Å². The molecule has 0 fully saturated rings. The maximum absolute atomic E-state index is 14.1. The lowest BCUT2D eigenvalue weighted by molar-refractivity contribution is -0.114. The Morgan fingerprint density at radius 3 is 2.90 bits per heavy atom. The number of para-hydroxylation sites is 1. The minimum atomic E-state index is -0.375. The molecule has 0 atom stereocenters. The Morgan fingerprint density at radius 1 is 1.28 bits per heavy atom. The van der Waals surface area contributed by atoms with E-state index in [1.807, 2.05) is 34.3 Å². The molecule has 4 rings (SSSR count). The lowest BCUT2D eigenvalue weighted by atomic mass is 10.3. The molecule has 150 valence electrons. The summed E-state index contributed by atoms with van der Waals surface area (Å²) >= 11 is 2.89. The third-order valence-electron chi connectivity index (χ3n) is 4.15. The number of aryl methyl sites for hydroxylation is 1. The van der Waals surface area contributed by atoms with Crippen molar-refractivity contribution in [3.63, 3.8) is 0 Å². The minimum absolute atomic E-state index is 0. The van der Waals surface area contributed by atoms with Crippen LogP contribution >= 0.6 is 35.1 Å². The summed E-state index contributed by atoms with van der Waals surface area (Å²) in [5.41, 5.74) is 0.303. The Hall–Kier alpha value is -2.55. The monoisotopic (exact) mass is 448 g/mol. The molecule has 0 unspecified atom stereocenters. The number of carbonyl (C=O) groups excluding carboxylic acids is 1. The van der Waals surface area contributed by atoms with Crippen molar-refractivity contribution >= 4 is 62.4 Å². The average molecular weight is 449 g/mol. The van der Waals surface area contributed by atoms with Crippen molar-refractivity contribution in [2.75, 3.05) is 11.4 Å². The molecule has 0 bridgehead atoms. The van der Waals surface area contributed by atoms with Gasteiger partial charge >= 0.3 is 0 Å². The van der Waals surface area contributed by atoms with E-state index in [0.29, 0.717) is 17.2 Å². The first-order chi connectivity index (χ1) is 13.7. The van der Waals surface area contributed by atoms with Crippen molar-refractivity contribution < 1.29 is 9.18 Å². The molecule has 9 heteroatoms. The predicted molar refractivity (Wildman–Crippen MR) is 119 cm³/mol. The summed E-state index contributed by atoms with van der Waals surface area (Å²) < 4.78 is 16.7. The molecular weight excluding hydrogens is 431 g/mol. The van der Waals surface area contributed by atoms with Crippen molar-refractivity contribution in [3.8, 4) is 0 Å². The second kappa shape index (κ2) is 9.78. The predicted octanol–water partition coefficient (Wildman–Crippen LogP) is 5.25. The van der Waals surface area contributed by atoms with Gasteiger partial charge in [0.25, 0.3) is 5.91 Å². The molecule has 1 aromatic carbocycles. The number of imidazole rings is 1. The molecule has 1 amide bonds. The fraction of sp³-hybridized carbons (Fsp3) is 0.150. The van der Waals surface area contributed by atoms with E-state index in [-0.39, 0.29) is 24.1 Å². The van der Waals surface area contributed by atoms with Crippen molar-refractivity contribution in [3.05, 3.63) is 71.2 Å². The van der Waals surface area contributed by atoms with Gasteiger partial charge in [-0.2, -0.15) is 0 Å². The van der Waals surface area contributed by atoms with Crippen molar-refractivity contribution in [1.82, 2.24) is 14.5 Å². The number of thiazole rings is 1. The van der Waals surface area contributed by atoms with E-state index in [1.54, 1.807) is 47.0 Å². The highest BCUT2D eigenvalue weighted by atomic mass is 35.5. The molecule has 0 spiro atoms. The van der Waals surface area contributed by atoms with E-state index in [4.69, 9.17) is 0 Å². The van der Waals surface area contributed by atoms with Gasteiger partial charge in [0.1, 0.15) is 11.3 Å². The van der Waals surface area contributed by atoms with Gasteiger partial charge in [0.15, 0.2) is 5.13 Å². The number of fused-ring (bicyclic) bond motifs is 1. The van der Waals surface area contributed by atoms with Crippen molar-refractivity contribution in [2.24, 2.45) is 0 Å². The van der Waals surface area contributed by atoms with Crippen molar-refractivity contribution in [1.29, 1.82) is 0 Å². The minimum Gasteiger partial charge on any atom is -0.337 e. The molecule has 5 nitrogen and oxygen atoms in total. The number of benzene rings is 1. The van der Waals surface area contributed by atoms with Crippen LogP contribution in [0.15, 0.2) is 60.5 Å². The number of anilines is 1. The first-order valence-corrected chi connectivity index (χ1v) is 10.4. The van der Waals surface area contributed by atoms with Gasteiger partial charge in [-0.25, -0.2) is 14.4 Å². The summed E-state index contributed by atoms with van der Waals surface area (Å²) in [4.78, 5) is 23.9. The summed E-state index contributed by atoms with van der Waals surface area (Å²) in [5.74, 6) is -0.543. The highest BCUT2D eigenvalue weighted by Crippen LogP contribution is 2.30. The van der Waals surface area contributed by atoms with Crippen LogP contribution in [0.25, 0.3) is 16.3 Å². The van der Waals surface area contributed by atoms with E-state index >= 15 is 0 Å². The van der Waals surface area contributed by atoms with E-state index in [2.05, 4.69) is 9.97 Å². The maximum Gasteiger partial charge on any atom is 0.252 e. The lowest BCUT2D eigenvalue weighted by Gasteiger charge is -2.18. The molecule has 0 aliphatic heterocycles. The van der Waals surface area contributed by atoms with Crippen LogP contribution in [0, 0.1) is 5.82 Å². The van der Waals surface area contributed by atoms with Crippen LogP contribution in [0.1, 0.15) is 11.3 Å². The number of carbonyl (C=O) groups is 1. The first-order valence-electron chi connectivity index (χ1n) is 8.74. The first kappa shape index (κ1) is 21.2. The van der Waals surface area contributed by atoms with Gasteiger partial charge in [0.05, 0.1) is 11.0 Å². The van der Waals surface area contributed by atoms with Gasteiger partial charge in [-0.3, -0.25) is 9.69 Å². The second-order valence-corrected chi connectivity index (χ2v) is 8.06. The Kier molecular flexibility index (Phi) is 7.13. The molecule has 0 aliphatic carbocycles. The van der Waals surface area contributed by atoms with E-state index < -0.39 is 0 Å². The number of amides is 1. The molecule has 0 aliphatic rings. The molecule has 0 saturated heterocycles. The molecule has 4 aromatic rings. The zero-order valence-electron chi connectivity index (χ0n) is 15.3. The fourth-order valence-corrected chi connectivity index (χ4v) is 4.41. The maximum atomic E-state index is 14.1. The van der Waals surface area contributed by atoms with Crippen LogP contribution in [0.3, 0.4) is 0 Å². The van der Waals surface area contributed by atoms with Crippen LogP contribution in [0.2, 0.25) is 0 Å². The molecule has 3 aromatic heterocycles. The normalized spacial score (nSPS) is 11.1. The van der Waals surface area contributed by atoms with Gasteiger partial charge in [-0.15, -0.1) is 23.7 Å². The second-order valence-electron chi connectivity index (χ2n) is 6.08. The molecule has 0 N–H and O–H groups in total. The SMILES string of the molecule is Cl.O=C(/C=C/c1cccs1)N(CCCn1ccnc1)c1nc2c(F)cccc2s1. The van der Waals surface area contributed by atoms with Gasteiger partial charge in [0, 0.05) is 36.4 Å². The van der Waals surface area contributed by atoms with Crippen LogP contribution in [-0.2, 0) is 11.3 Å². The smallest absolute Gasteiger partial charge is 0.252 e. The van der Waals surface area contributed by atoms with Gasteiger partial charge in [-0.05, 0) is 36.1 Å². The van der Waals surface area contributed by atoms with Crippen LogP contribution in [-0.4, -0.2) is 27.0 Å². The molecule has 0 radical (unpaired) electrons. The molecule has 29 heavy (non-hydrogen) atoms. The molecule has 0 saturated carbocycles. The number of nitrogens with zero attached hydrogens (tertiary/aromatic N) is 4. The van der Waals surface area contributed by atoms with E-state index in [0.717, 1.165) is 22.5 Å².